The van der Waals surface area contributed by atoms with Gasteiger partial charge >= 0.3 is 0 Å². The minimum Gasteiger partial charge on any atom is -0.486 e. The molecule has 1 aromatic heterocycles. The maximum atomic E-state index is 12.3. The van der Waals surface area contributed by atoms with Crippen LogP contribution in [0.1, 0.15) is 30.0 Å². The molecule has 1 fully saturated rings. The van der Waals surface area contributed by atoms with Gasteiger partial charge in [-0.3, -0.25) is 9.48 Å². The van der Waals surface area contributed by atoms with Crippen LogP contribution in [0, 0.1) is 5.92 Å². The molecule has 1 aromatic carbocycles. The monoisotopic (exact) mass is 339 g/mol. The molecule has 1 saturated carbocycles. The third-order valence-electron chi connectivity index (χ3n) is 4.47. The van der Waals surface area contributed by atoms with E-state index in [4.69, 9.17) is 9.47 Å². The summed E-state index contributed by atoms with van der Waals surface area (Å²) >= 11 is 0. The topological polar surface area (TPSA) is 65.4 Å². The van der Waals surface area contributed by atoms with Crippen LogP contribution in [-0.2, 0) is 11.8 Å². The molecule has 2 aromatic rings. The number of hydrogen-bond acceptors (Lipinski definition) is 4. The van der Waals surface area contributed by atoms with Gasteiger partial charge in [0.05, 0.1) is 12.2 Å². The van der Waals surface area contributed by atoms with Gasteiger partial charge in [0, 0.05) is 24.9 Å². The summed E-state index contributed by atoms with van der Waals surface area (Å²) in [5.74, 6) is 1.91. The van der Waals surface area contributed by atoms with E-state index in [1.165, 1.54) is 0 Å². The summed E-state index contributed by atoms with van der Waals surface area (Å²) in [6.07, 6.45) is 9.18. The molecule has 25 heavy (non-hydrogen) atoms. The molecule has 1 amide bonds. The first-order valence-electron chi connectivity index (χ1n) is 8.56. The Bertz CT molecular complexity index is 808. The van der Waals surface area contributed by atoms with E-state index >= 15 is 0 Å². The Labute approximate surface area is 146 Å². The van der Waals surface area contributed by atoms with Crippen LogP contribution in [-0.4, -0.2) is 28.9 Å². The molecule has 1 aliphatic carbocycles. The minimum atomic E-state index is -0.101. The van der Waals surface area contributed by atoms with Gasteiger partial charge in [0.1, 0.15) is 13.2 Å². The lowest BCUT2D eigenvalue weighted by Crippen LogP contribution is -2.28. The number of nitrogens with zero attached hydrogens (tertiary/aromatic N) is 2. The lowest BCUT2D eigenvalue weighted by Gasteiger charge is -2.22. The Morgan fingerprint density at radius 2 is 2.12 bits per heavy atom. The first-order valence-corrected chi connectivity index (χ1v) is 8.56. The first kappa shape index (κ1) is 15.7. The second kappa shape index (κ2) is 6.63. The van der Waals surface area contributed by atoms with E-state index < -0.39 is 0 Å². The SMILES string of the molecule is Cn1cc(/C=C/C(=O)N[C@H](c2ccc3c(c2)OCCO3)C2CC2)cn1. The van der Waals surface area contributed by atoms with E-state index in [0.29, 0.717) is 19.1 Å². The molecule has 130 valence electrons. The number of ether oxygens (including phenoxy) is 2. The molecule has 1 N–H and O–H groups in total. The van der Waals surface area contributed by atoms with Gasteiger partial charge in [0.25, 0.3) is 0 Å². The standard InChI is InChI=1S/C19H21N3O3/c1-22-12-13(11-20-22)2-7-18(23)21-19(14-3-4-14)15-5-6-16-17(10-15)25-9-8-24-16/h2,5-7,10-12,14,19H,3-4,8-9H2,1H3,(H,21,23)/b7-2+/t19-/m0/s1. The molecule has 0 saturated heterocycles. The van der Waals surface area contributed by atoms with Crippen LogP contribution >= 0.6 is 0 Å². The van der Waals surface area contributed by atoms with E-state index in [1.54, 1.807) is 23.0 Å². The normalized spacial score (nSPS) is 17.5. The van der Waals surface area contributed by atoms with E-state index in [0.717, 1.165) is 35.5 Å². The molecular formula is C19H21N3O3. The highest BCUT2D eigenvalue weighted by molar-refractivity contribution is 5.92. The Morgan fingerprint density at radius 1 is 1.32 bits per heavy atom. The van der Waals surface area contributed by atoms with Crippen molar-refractivity contribution < 1.29 is 14.3 Å². The zero-order valence-corrected chi connectivity index (χ0v) is 14.1. The lowest BCUT2D eigenvalue weighted by molar-refractivity contribution is -0.117. The van der Waals surface area contributed by atoms with Crippen LogP contribution < -0.4 is 14.8 Å². The summed E-state index contributed by atoms with van der Waals surface area (Å²) in [6, 6.07) is 5.93. The van der Waals surface area contributed by atoms with E-state index in [9.17, 15) is 4.79 Å². The van der Waals surface area contributed by atoms with Crippen molar-refractivity contribution >= 4 is 12.0 Å². The molecule has 1 atom stereocenters. The molecule has 2 aliphatic rings. The fraction of sp³-hybridized carbons (Fsp3) is 0.368. The number of hydrogen-bond donors (Lipinski definition) is 1. The van der Waals surface area contributed by atoms with Gasteiger partial charge < -0.3 is 14.8 Å². The largest absolute Gasteiger partial charge is 0.486 e. The van der Waals surface area contributed by atoms with Crippen LogP contribution in [0.3, 0.4) is 0 Å². The predicted molar refractivity (Wildman–Crippen MR) is 93.3 cm³/mol. The highest BCUT2D eigenvalue weighted by atomic mass is 16.6. The summed E-state index contributed by atoms with van der Waals surface area (Å²) < 4.78 is 12.9. The first-order chi connectivity index (χ1) is 12.2. The smallest absolute Gasteiger partial charge is 0.244 e. The van der Waals surface area contributed by atoms with Gasteiger partial charge in [0.2, 0.25) is 5.91 Å². The Kier molecular flexibility index (Phi) is 4.17. The van der Waals surface area contributed by atoms with Crippen LogP contribution in [0.4, 0.5) is 0 Å². The molecule has 1 aliphatic heterocycles. The number of aryl methyl sites for hydroxylation is 1. The highest BCUT2D eigenvalue weighted by Crippen LogP contribution is 2.43. The van der Waals surface area contributed by atoms with E-state index in [-0.39, 0.29) is 11.9 Å². The van der Waals surface area contributed by atoms with E-state index in [1.807, 2.05) is 31.4 Å². The van der Waals surface area contributed by atoms with Crippen LogP contribution in [0.2, 0.25) is 0 Å². The van der Waals surface area contributed by atoms with Crippen molar-refractivity contribution in [1.29, 1.82) is 0 Å². The second-order valence-corrected chi connectivity index (χ2v) is 6.51. The number of carbonyl (C=O) groups excluding carboxylic acids is 1. The molecule has 0 radical (unpaired) electrons. The van der Waals surface area contributed by atoms with Crippen molar-refractivity contribution in [3.05, 3.63) is 47.8 Å². The average molecular weight is 339 g/mol. The Balaban J connectivity index is 1.48. The Hall–Kier alpha value is -2.76. The summed E-state index contributed by atoms with van der Waals surface area (Å²) in [5.41, 5.74) is 1.97. The number of benzene rings is 1. The van der Waals surface area contributed by atoms with Gasteiger partial charge in [-0.1, -0.05) is 6.07 Å². The highest BCUT2D eigenvalue weighted by Gasteiger charge is 2.33. The van der Waals surface area contributed by atoms with Crippen molar-refractivity contribution in [1.82, 2.24) is 15.1 Å². The van der Waals surface area contributed by atoms with Gasteiger partial charge in [-0.15, -0.1) is 0 Å². The number of amides is 1. The average Bonchev–Trinajstić information content (AvgIpc) is 3.39. The minimum absolute atomic E-state index is 0.00174. The van der Waals surface area contributed by atoms with Crippen LogP contribution in [0.15, 0.2) is 36.7 Å². The summed E-state index contributed by atoms with van der Waals surface area (Å²) in [6.45, 7) is 1.14. The second-order valence-electron chi connectivity index (χ2n) is 6.51. The maximum absolute atomic E-state index is 12.3. The molecule has 6 nitrogen and oxygen atoms in total. The summed E-state index contributed by atoms with van der Waals surface area (Å²) in [5, 5.41) is 7.22. The van der Waals surface area contributed by atoms with Crippen molar-refractivity contribution in [3.8, 4) is 11.5 Å². The van der Waals surface area contributed by atoms with Crippen molar-refractivity contribution in [3.63, 3.8) is 0 Å². The van der Waals surface area contributed by atoms with Crippen LogP contribution in [0.25, 0.3) is 6.08 Å². The number of nitrogens with one attached hydrogen (secondary N) is 1. The van der Waals surface area contributed by atoms with E-state index in [2.05, 4.69) is 10.4 Å². The third kappa shape index (κ3) is 3.68. The molecule has 2 heterocycles. The zero-order chi connectivity index (χ0) is 17.2. The van der Waals surface area contributed by atoms with Gasteiger partial charge in [-0.2, -0.15) is 5.10 Å². The number of carbonyl (C=O) groups is 1. The van der Waals surface area contributed by atoms with Crippen molar-refractivity contribution in [2.24, 2.45) is 13.0 Å². The van der Waals surface area contributed by atoms with Crippen molar-refractivity contribution in [2.45, 2.75) is 18.9 Å². The maximum Gasteiger partial charge on any atom is 0.244 e. The van der Waals surface area contributed by atoms with Crippen LogP contribution in [0.5, 0.6) is 11.5 Å². The number of aromatic nitrogens is 2. The third-order valence-corrected chi connectivity index (χ3v) is 4.47. The van der Waals surface area contributed by atoms with Crippen molar-refractivity contribution in [2.75, 3.05) is 13.2 Å². The zero-order valence-electron chi connectivity index (χ0n) is 14.1. The number of fused-ring (bicyclic) bond motifs is 1. The number of rotatable bonds is 5. The Morgan fingerprint density at radius 3 is 2.84 bits per heavy atom. The summed E-state index contributed by atoms with van der Waals surface area (Å²) in [7, 11) is 1.85. The quantitative estimate of drug-likeness (QED) is 0.850. The van der Waals surface area contributed by atoms with Gasteiger partial charge in [0.15, 0.2) is 11.5 Å². The predicted octanol–water partition coefficient (Wildman–Crippen LogP) is 2.47. The fourth-order valence-electron chi connectivity index (χ4n) is 3.06. The summed E-state index contributed by atoms with van der Waals surface area (Å²) in [4.78, 5) is 12.3. The lowest BCUT2D eigenvalue weighted by atomic mass is 10.0. The fourth-order valence-corrected chi connectivity index (χ4v) is 3.06. The van der Waals surface area contributed by atoms with Gasteiger partial charge in [-0.25, -0.2) is 0 Å². The molecule has 4 rings (SSSR count). The molecule has 0 spiro atoms. The van der Waals surface area contributed by atoms with Gasteiger partial charge in [-0.05, 0) is 42.5 Å². The molecular weight excluding hydrogens is 318 g/mol. The molecule has 0 unspecified atom stereocenters. The molecule has 6 heteroatoms. The molecule has 0 bridgehead atoms.